The van der Waals surface area contributed by atoms with Gasteiger partial charge in [-0.3, -0.25) is 4.79 Å². The van der Waals surface area contributed by atoms with E-state index in [1.54, 1.807) is 12.1 Å². The Morgan fingerprint density at radius 3 is 2.06 bits per heavy atom. The van der Waals surface area contributed by atoms with Crippen molar-refractivity contribution in [3.63, 3.8) is 0 Å². The molecule has 0 fully saturated rings. The fourth-order valence-corrected chi connectivity index (χ4v) is 2.13. The molecule has 1 rings (SSSR count). The molecule has 0 heterocycles. The van der Waals surface area contributed by atoms with Crippen LogP contribution in [-0.2, 0) is 4.79 Å². The van der Waals surface area contributed by atoms with Gasteiger partial charge in [0.2, 0.25) is 0 Å². The van der Waals surface area contributed by atoms with Gasteiger partial charge in [0, 0.05) is 5.31 Å². The minimum Gasteiger partial charge on any atom is -0.427 e. The molecule has 0 atom stereocenters. The number of para-hydroxylation sites is 1. The Kier molecular flexibility index (Phi) is 4.02. The van der Waals surface area contributed by atoms with E-state index in [0.717, 1.165) is 7.28 Å². The summed E-state index contributed by atoms with van der Waals surface area (Å²) in [4.78, 5) is 12.1. The van der Waals surface area contributed by atoms with Crippen LogP contribution in [0.25, 0.3) is 0 Å². The summed E-state index contributed by atoms with van der Waals surface area (Å²) in [7, 11) is 0.797. The van der Waals surface area contributed by atoms with E-state index in [2.05, 4.69) is 20.8 Å². The average Bonchev–Trinajstić information content (AvgIpc) is 2.15. The highest BCUT2D eigenvalue weighted by molar-refractivity contribution is 6.49. The van der Waals surface area contributed by atoms with E-state index >= 15 is 0 Å². The Balaban J connectivity index is 2.70. The largest absolute Gasteiger partial charge is 0.427 e. The highest BCUT2D eigenvalue weighted by atomic mass is 16.5. The molecule has 3 heteroatoms. The summed E-state index contributed by atoms with van der Waals surface area (Å²) >= 11 is 0. The second-order valence-corrected chi connectivity index (χ2v) is 6.32. The molecule has 0 N–H and O–H groups in total. The van der Waals surface area contributed by atoms with Crippen molar-refractivity contribution >= 4 is 13.2 Å². The SMILES string of the molecule is CC(C)(C)BC(C)(C)C(=O)Oc1ccccc1. The Bertz CT molecular complexity index is 377. The van der Waals surface area contributed by atoms with Gasteiger partial charge in [-0.1, -0.05) is 58.1 Å². The molecule has 1 aromatic rings. The molecular weight excluding hydrogens is 211 g/mol. The topological polar surface area (TPSA) is 26.3 Å². The number of carbonyl (C=O) groups is 1. The smallest absolute Gasteiger partial charge is 0.309 e. The maximum absolute atomic E-state index is 12.1. The summed E-state index contributed by atoms with van der Waals surface area (Å²) in [6.45, 7) is 10.3. The second kappa shape index (κ2) is 4.95. The van der Waals surface area contributed by atoms with Gasteiger partial charge in [0.05, 0.1) is 0 Å². The Morgan fingerprint density at radius 2 is 1.59 bits per heavy atom. The van der Waals surface area contributed by atoms with Crippen molar-refractivity contribution in [2.45, 2.75) is 45.2 Å². The van der Waals surface area contributed by atoms with Gasteiger partial charge < -0.3 is 4.74 Å². The number of hydrogen-bond acceptors (Lipinski definition) is 2. The summed E-state index contributed by atoms with van der Waals surface area (Å²) in [5.74, 6) is 0.443. The molecule has 17 heavy (non-hydrogen) atoms. The molecule has 0 bridgehead atoms. The lowest BCUT2D eigenvalue weighted by atomic mass is 9.41. The van der Waals surface area contributed by atoms with Crippen LogP contribution in [0.2, 0.25) is 10.6 Å². The van der Waals surface area contributed by atoms with E-state index in [9.17, 15) is 4.79 Å². The van der Waals surface area contributed by atoms with Crippen molar-refractivity contribution in [1.29, 1.82) is 0 Å². The van der Waals surface area contributed by atoms with Crippen molar-refractivity contribution in [2.24, 2.45) is 0 Å². The number of benzene rings is 1. The molecule has 0 unspecified atom stereocenters. The van der Waals surface area contributed by atoms with Gasteiger partial charge in [0.25, 0.3) is 0 Å². The summed E-state index contributed by atoms with van der Waals surface area (Å²) in [5, 5.41) is -0.354. The maximum Gasteiger partial charge on any atom is 0.309 e. The quantitative estimate of drug-likeness (QED) is 0.453. The minimum absolute atomic E-state index is 0.110. The molecular formula is C14H21BO2. The Hall–Kier alpha value is -1.25. The van der Waals surface area contributed by atoms with E-state index in [1.165, 1.54) is 0 Å². The first-order valence-electron chi connectivity index (χ1n) is 5.98. The van der Waals surface area contributed by atoms with Crippen LogP contribution in [0.4, 0.5) is 0 Å². The molecule has 0 aliphatic heterocycles. The van der Waals surface area contributed by atoms with E-state index < -0.39 is 5.31 Å². The monoisotopic (exact) mass is 232 g/mol. The van der Waals surface area contributed by atoms with Crippen LogP contribution < -0.4 is 4.74 Å². The third-order valence-corrected chi connectivity index (χ3v) is 2.48. The van der Waals surface area contributed by atoms with Gasteiger partial charge in [-0.15, -0.1) is 0 Å². The molecule has 1 aromatic carbocycles. The van der Waals surface area contributed by atoms with Crippen LogP contribution in [0.5, 0.6) is 5.75 Å². The number of hydrogen-bond donors (Lipinski definition) is 0. The van der Waals surface area contributed by atoms with Crippen LogP contribution in [-0.4, -0.2) is 13.2 Å². The highest BCUT2D eigenvalue weighted by Gasteiger charge is 2.35. The number of esters is 1. The van der Waals surface area contributed by atoms with Crippen LogP contribution in [0.1, 0.15) is 34.6 Å². The molecule has 0 aromatic heterocycles. The van der Waals surface area contributed by atoms with E-state index in [4.69, 9.17) is 4.74 Å². The molecule has 2 nitrogen and oxygen atoms in total. The predicted molar refractivity (Wildman–Crippen MR) is 73.0 cm³/mol. The normalized spacial score (nSPS) is 12.1. The first-order chi connectivity index (χ1) is 7.71. The third-order valence-electron chi connectivity index (χ3n) is 2.48. The van der Waals surface area contributed by atoms with Gasteiger partial charge in [-0.05, 0) is 12.1 Å². The van der Waals surface area contributed by atoms with Crippen LogP contribution >= 0.6 is 0 Å². The molecule has 0 amide bonds. The van der Waals surface area contributed by atoms with Crippen molar-refractivity contribution in [2.75, 3.05) is 0 Å². The maximum atomic E-state index is 12.1. The molecule has 92 valence electrons. The Morgan fingerprint density at radius 1 is 1.06 bits per heavy atom. The zero-order valence-electron chi connectivity index (χ0n) is 11.4. The summed E-state index contributed by atoms with van der Waals surface area (Å²) in [6.07, 6.45) is 0. The van der Waals surface area contributed by atoms with E-state index in [1.807, 2.05) is 32.0 Å². The van der Waals surface area contributed by atoms with Gasteiger partial charge in [0.15, 0.2) is 0 Å². The first kappa shape index (κ1) is 13.8. The highest BCUT2D eigenvalue weighted by Crippen LogP contribution is 2.36. The average molecular weight is 232 g/mol. The minimum atomic E-state index is -0.464. The number of carbonyl (C=O) groups excluding carboxylic acids is 1. The standard InChI is InChI=1S/C14H21BO2/c1-13(2,3)15-14(4,5)12(16)17-11-9-7-6-8-10-11/h6-10,15H,1-5H3. The summed E-state index contributed by atoms with van der Waals surface area (Å²) < 4.78 is 5.39. The van der Waals surface area contributed by atoms with E-state index in [-0.39, 0.29) is 11.3 Å². The lowest BCUT2D eigenvalue weighted by Crippen LogP contribution is -2.32. The second-order valence-electron chi connectivity index (χ2n) is 6.32. The molecule has 0 saturated heterocycles. The lowest BCUT2D eigenvalue weighted by molar-refractivity contribution is -0.137. The number of rotatable bonds is 3. The summed E-state index contributed by atoms with van der Waals surface area (Å²) in [5.41, 5.74) is 0. The third kappa shape index (κ3) is 4.64. The molecule has 0 radical (unpaired) electrons. The lowest BCUT2D eigenvalue weighted by Gasteiger charge is -2.28. The van der Waals surface area contributed by atoms with Crippen molar-refractivity contribution < 1.29 is 9.53 Å². The fourth-order valence-electron chi connectivity index (χ4n) is 2.13. The molecule has 0 spiro atoms. The van der Waals surface area contributed by atoms with Crippen molar-refractivity contribution in [3.05, 3.63) is 30.3 Å². The van der Waals surface area contributed by atoms with Crippen molar-refractivity contribution in [1.82, 2.24) is 0 Å². The fraction of sp³-hybridized carbons (Fsp3) is 0.500. The van der Waals surface area contributed by atoms with Crippen molar-refractivity contribution in [3.8, 4) is 5.75 Å². The summed E-state index contributed by atoms with van der Waals surface area (Å²) in [6, 6.07) is 9.21. The first-order valence-corrected chi connectivity index (χ1v) is 5.98. The van der Waals surface area contributed by atoms with Crippen LogP contribution in [0.15, 0.2) is 30.3 Å². The predicted octanol–water partition coefficient (Wildman–Crippen LogP) is 3.45. The van der Waals surface area contributed by atoms with E-state index in [0.29, 0.717) is 5.75 Å². The van der Waals surface area contributed by atoms with Gasteiger partial charge in [-0.2, -0.15) is 0 Å². The van der Waals surface area contributed by atoms with Gasteiger partial charge in [-0.25, -0.2) is 0 Å². The molecule has 0 aliphatic rings. The molecule has 0 saturated carbocycles. The zero-order chi connectivity index (χ0) is 13.1. The number of ether oxygens (including phenoxy) is 1. The van der Waals surface area contributed by atoms with Gasteiger partial charge in [0.1, 0.15) is 13.0 Å². The zero-order valence-corrected chi connectivity index (χ0v) is 11.4. The van der Waals surface area contributed by atoms with Gasteiger partial charge >= 0.3 is 5.97 Å². The molecule has 0 aliphatic carbocycles. The Labute approximate surface area is 105 Å². The van der Waals surface area contributed by atoms with Crippen LogP contribution in [0.3, 0.4) is 0 Å². The van der Waals surface area contributed by atoms with Crippen LogP contribution in [0, 0.1) is 0 Å².